The maximum atomic E-state index is 12.1. The van der Waals surface area contributed by atoms with Crippen molar-refractivity contribution in [2.45, 2.75) is 51.5 Å². The number of hydrazone groups is 1. The lowest BCUT2D eigenvalue weighted by Crippen LogP contribution is -2.52. The molecule has 1 saturated carbocycles. The third kappa shape index (κ3) is 3.63. The molecule has 3 aliphatic rings. The van der Waals surface area contributed by atoms with Crippen LogP contribution in [-0.4, -0.2) is 55.0 Å². The molecule has 1 aromatic rings. The number of hydrogen-bond acceptors (Lipinski definition) is 6. The smallest absolute Gasteiger partial charge is 0.428 e. The number of nitrogens with zero attached hydrogens (tertiary/aromatic N) is 3. The van der Waals surface area contributed by atoms with Gasteiger partial charge in [-0.1, -0.05) is 19.1 Å². The van der Waals surface area contributed by atoms with Crippen molar-refractivity contribution < 1.29 is 13.4 Å². The van der Waals surface area contributed by atoms with E-state index in [1.54, 1.807) is 18.2 Å². The Balaban J connectivity index is 1.56. The Morgan fingerprint density at radius 1 is 1.32 bits per heavy atom. The van der Waals surface area contributed by atoms with Crippen LogP contribution in [-0.2, 0) is 16.4 Å². The first-order valence-corrected chi connectivity index (χ1v) is 11.7. The van der Waals surface area contributed by atoms with E-state index < -0.39 is 17.1 Å². The molecule has 0 unspecified atom stereocenters. The molecule has 0 spiro atoms. The zero-order valence-electron chi connectivity index (χ0n) is 16.4. The third-order valence-corrected chi connectivity index (χ3v) is 7.55. The predicted octanol–water partition coefficient (Wildman–Crippen LogP) is 0.876. The summed E-state index contributed by atoms with van der Waals surface area (Å²) in [5, 5.41) is 15.3. The van der Waals surface area contributed by atoms with Crippen molar-refractivity contribution in [1.82, 2.24) is 14.6 Å². The van der Waals surface area contributed by atoms with Gasteiger partial charge in [0.05, 0.1) is 17.2 Å². The maximum absolute atomic E-state index is 12.1. The number of sulfonamides is 1. The molecule has 4 rings (SSSR count). The Bertz CT molecular complexity index is 923. The zero-order chi connectivity index (χ0) is 19.9. The van der Waals surface area contributed by atoms with Crippen molar-refractivity contribution in [3.8, 4) is 0 Å². The molecule has 150 valence electrons. The largest absolute Gasteiger partial charge is 0.468 e. The second-order valence-corrected chi connectivity index (χ2v) is 9.85. The number of aromatic nitrogens is 1. The third-order valence-electron chi connectivity index (χ3n) is 5.91. The lowest BCUT2D eigenvalue weighted by molar-refractivity contribution is 0.363. The molecule has 2 N–H and O–H groups in total. The lowest BCUT2D eigenvalue weighted by atomic mass is 9.66. The van der Waals surface area contributed by atoms with Crippen LogP contribution in [0.5, 0.6) is 0 Å². The molecule has 0 bridgehead atoms. The summed E-state index contributed by atoms with van der Waals surface area (Å²) in [6.07, 6.45) is 10.8. The van der Waals surface area contributed by atoms with Crippen LogP contribution >= 0.6 is 0 Å². The standard InChI is InChI=1S/C19H27BN4O3S/c1-3-11-28(26,27)23-14-9-7-13(8-10-14)19-18-15-5-4-6-17(15)21-12-16(18)20(25)24(2)22-19/h4-5,12-14,23,25H,3,6-11H2,1-2H3. The van der Waals surface area contributed by atoms with Crippen molar-refractivity contribution in [3.63, 3.8) is 0 Å². The van der Waals surface area contributed by atoms with E-state index >= 15 is 0 Å². The number of hydrogen-bond donors (Lipinski definition) is 2. The van der Waals surface area contributed by atoms with Gasteiger partial charge >= 0.3 is 7.05 Å². The summed E-state index contributed by atoms with van der Waals surface area (Å²) in [5.41, 5.74) is 4.95. The van der Waals surface area contributed by atoms with Gasteiger partial charge in [0.2, 0.25) is 10.0 Å². The molecule has 0 aromatic carbocycles. The van der Waals surface area contributed by atoms with E-state index in [2.05, 4.69) is 21.9 Å². The van der Waals surface area contributed by atoms with E-state index in [4.69, 9.17) is 5.10 Å². The van der Waals surface area contributed by atoms with E-state index in [9.17, 15) is 13.4 Å². The summed E-state index contributed by atoms with van der Waals surface area (Å²) in [6, 6.07) is 0.00262. The van der Waals surface area contributed by atoms with E-state index in [-0.39, 0.29) is 17.7 Å². The SMILES string of the molecule is CCCS(=O)(=O)NC1CCC(C2=NN(C)B(O)c3cnc4c(c32)C=CC4)CC1. The number of allylic oxidation sites excluding steroid dienone is 1. The maximum Gasteiger partial charge on any atom is 0.468 e. The molecule has 0 amide bonds. The van der Waals surface area contributed by atoms with Crippen LogP contribution < -0.4 is 10.2 Å². The summed E-state index contributed by atoms with van der Waals surface area (Å²) < 4.78 is 27.0. The van der Waals surface area contributed by atoms with Gasteiger partial charge < -0.3 is 9.94 Å². The molecule has 0 atom stereocenters. The summed E-state index contributed by atoms with van der Waals surface area (Å²) >= 11 is 0. The topological polar surface area (TPSA) is 94.9 Å². The second kappa shape index (κ2) is 7.61. The van der Waals surface area contributed by atoms with Crippen LogP contribution in [0.3, 0.4) is 0 Å². The van der Waals surface area contributed by atoms with Crippen molar-refractivity contribution in [1.29, 1.82) is 0 Å². The van der Waals surface area contributed by atoms with E-state index in [0.29, 0.717) is 6.42 Å². The van der Waals surface area contributed by atoms with Crippen LogP contribution in [0, 0.1) is 5.92 Å². The van der Waals surface area contributed by atoms with Crippen molar-refractivity contribution in [2.24, 2.45) is 11.0 Å². The van der Waals surface area contributed by atoms with Crippen LogP contribution in [0.15, 0.2) is 17.4 Å². The highest BCUT2D eigenvalue weighted by atomic mass is 32.2. The highest BCUT2D eigenvalue weighted by molar-refractivity contribution is 7.89. The quantitative estimate of drug-likeness (QED) is 0.713. The molecule has 28 heavy (non-hydrogen) atoms. The van der Waals surface area contributed by atoms with Gasteiger partial charge in [-0.2, -0.15) is 5.10 Å². The lowest BCUT2D eigenvalue weighted by Gasteiger charge is -2.35. The minimum atomic E-state index is -3.19. The van der Waals surface area contributed by atoms with E-state index in [0.717, 1.165) is 60.1 Å². The molecule has 2 heterocycles. The number of pyridine rings is 1. The molecule has 0 saturated heterocycles. The number of fused-ring (bicyclic) bond motifs is 3. The first kappa shape index (κ1) is 19.6. The molecular weight excluding hydrogens is 375 g/mol. The number of nitrogens with one attached hydrogen (secondary N) is 1. The van der Waals surface area contributed by atoms with Crippen molar-refractivity contribution >= 4 is 34.3 Å². The van der Waals surface area contributed by atoms with Crippen molar-refractivity contribution in [3.05, 3.63) is 29.1 Å². The monoisotopic (exact) mass is 402 g/mol. The molecule has 1 aliphatic heterocycles. The first-order chi connectivity index (χ1) is 13.4. The highest BCUT2D eigenvalue weighted by Crippen LogP contribution is 2.32. The molecule has 9 heteroatoms. The molecule has 7 nitrogen and oxygen atoms in total. The molecule has 1 fully saturated rings. The summed E-state index contributed by atoms with van der Waals surface area (Å²) in [4.78, 5) is 6.12. The molecule has 2 aliphatic carbocycles. The highest BCUT2D eigenvalue weighted by Gasteiger charge is 2.37. The Labute approximate surface area is 167 Å². The average Bonchev–Trinajstić information content (AvgIpc) is 3.13. The summed E-state index contributed by atoms with van der Waals surface area (Å²) in [5.74, 6) is 0.433. The van der Waals surface area contributed by atoms with Gasteiger partial charge in [0.1, 0.15) is 0 Å². The van der Waals surface area contributed by atoms with Gasteiger partial charge in [0.15, 0.2) is 0 Å². The van der Waals surface area contributed by atoms with Crippen LogP contribution in [0.4, 0.5) is 0 Å². The summed E-state index contributed by atoms with van der Waals surface area (Å²) in [7, 11) is -2.20. The molecule has 1 aromatic heterocycles. The minimum Gasteiger partial charge on any atom is -0.428 e. The fraction of sp³-hybridized carbons (Fsp3) is 0.579. The van der Waals surface area contributed by atoms with E-state index in [1.807, 2.05) is 6.92 Å². The average molecular weight is 402 g/mol. The predicted molar refractivity (Wildman–Crippen MR) is 112 cm³/mol. The van der Waals surface area contributed by atoms with Gasteiger partial charge in [-0.25, -0.2) is 13.1 Å². The molecule has 0 radical (unpaired) electrons. The number of rotatable bonds is 5. The Kier molecular flexibility index (Phi) is 5.33. The van der Waals surface area contributed by atoms with Crippen LogP contribution in [0.25, 0.3) is 6.08 Å². The van der Waals surface area contributed by atoms with E-state index in [1.165, 1.54) is 0 Å². The van der Waals surface area contributed by atoms with Crippen molar-refractivity contribution in [2.75, 3.05) is 12.8 Å². The Morgan fingerprint density at radius 2 is 2.07 bits per heavy atom. The first-order valence-electron chi connectivity index (χ1n) is 10.1. The van der Waals surface area contributed by atoms with Gasteiger partial charge in [-0.15, -0.1) is 0 Å². The van der Waals surface area contributed by atoms with Gasteiger partial charge in [-0.05, 0) is 32.1 Å². The molecular formula is C19H27BN4O3S. The van der Waals surface area contributed by atoms with Crippen LogP contribution in [0.1, 0.15) is 55.8 Å². The summed E-state index contributed by atoms with van der Waals surface area (Å²) in [6.45, 7) is 1.88. The van der Waals surface area contributed by atoms with Crippen LogP contribution in [0.2, 0.25) is 0 Å². The Hall–Kier alpha value is -1.71. The second-order valence-electron chi connectivity index (χ2n) is 7.97. The normalized spacial score (nSPS) is 24.2. The fourth-order valence-electron chi connectivity index (χ4n) is 4.52. The fourth-order valence-corrected chi connectivity index (χ4v) is 5.92. The van der Waals surface area contributed by atoms with Gasteiger partial charge in [-0.3, -0.25) is 4.98 Å². The zero-order valence-corrected chi connectivity index (χ0v) is 17.2. The minimum absolute atomic E-state index is 0.00262. The van der Waals surface area contributed by atoms with Gasteiger partial charge in [0.25, 0.3) is 0 Å². The Morgan fingerprint density at radius 3 is 2.79 bits per heavy atom. The van der Waals surface area contributed by atoms with Gasteiger partial charge in [0, 0.05) is 48.2 Å².